The summed E-state index contributed by atoms with van der Waals surface area (Å²) in [6.07, 6.45) is 1.35. The molecule has 3 heterocycles. The summed E-state index contributed by atoms with van der Waals surface area (Å²) < 4.78 is 86.2. The third kappa shape index (κ3) is 5.29. The van der Waals surface area contributed by atoms with Gasteiger partial charge >= 0.3 is 6.18 Å². The van der Waals surface area contributed by atoms with Crippen molar-refractivity contribution in [1.29, 1.82) is 0 Å². The van der Waals surface area contributed by atoms with E-state index in [2.05, 4.69) is 21.9 Å². The predicted molar refractivity (Wildman–Crippen MR) is 151 cm³/mol. The zero-order chi connectivity index (χ0) is 31.2. The van der Waals surface area contributed by atoms with Crippen molar-refractivity contribution in [3.63, 3.8) is 0 Å². The lowest BCUT2D eigenvalue weighted by Crippen LogP contribution is -2.53. The van der Waals surface area contributed by atoms with E-state index in [0.29, 0.717) is 28.6 Å². The second-order valence-electron chi connectivity index (χ2n) is 10.2. The number of benzene rings is 1. The van der Waals surface area contributed by atoms with Crippen LogP contribution in [-0.2, 0) is 27.8 Å². The molecule has 14 heteroatoms. The second kappa shape index (κ2) is 11.2. The van der Waals surface area contributed by atoms with E-state index >= 15 is 0 Å². The molecule has 0 N–H and O–H groups in total. The zero-order valence-electron chi connectivity index (χ0n) is 23.3. The van der Waals surface area contributed by atoms with Gasteiger partial charge in [0.15, 0.2) is 10.8 Å². The lowest BCUT2D eigenvalue weighted by molar-refractivity contribution is -0.124. The summed E-state index contributed by atoms with van der Waals surface area (Å²) >= 11 is 0. The molecule has 1 aliphatic carbocycles. The van der Waals surface area contributed by atoms with Crippen LogP contribution < -0.4 is 0 Å². The fourth-order valence-corrected chi connectivity index (χ4v) is 7.28. The zero-order valence-corrected chi connectivity index (χ0v) is 24.2. The molecule has 43 heavy (non-hydrogen) atoms. The molecule has 0 spiro atoms. The Morgan fingerprint density at radius 2 is 1.91 bits per heavy atom. The first-order valence-corrected chi connectivity index (χ1v) is 14.8. The van der Waals surface area contributed by atoms with E-state index in [1.807, 2.05) is 0 Å². The van der Waals surface area contributed by atoms with Gasteiger partial charge in [-0.2, -0.15) is 27.7 Å². The van der Waals surface area contributed by atoms with Gasteiger partial charge in [-0.15, -0.1) is 0 Å². The van der Waals surface area contributed by atoms with Crippen LogP contribution in [0.5, 0.6) is 0 Å². The normalized spacial score (nSPS) is 19.9. The van der Waals surface area contributed by atoms with Crippen LogP contribution in [0.2, 0.25) is 0 Å². The largest absolute Gasteiger partial charge is 0.416 e. The molecule has 3 aromatic rings. The van der Waals surface area contributed by atoms with E-state index in [4.69, 9.17) is 0 Å². The summed E-state index contributed by atoms with van der Waals surface area (Å²) in [5.74, 6) is -1.22. The van der Waals surface area contributed by atoms with Gasteiger partial charge < -0.3 is 0 Å². The number of aliphatic imine (C=N–C) groups is 1. The van der Waals surface area contributed by atoms with Crippen LogP contribution in [0.3, 0.4) is 0 Å². The van der Waals surface area contributed by atoms with Gasteiger partial charge in [-0.3, -0.25) is 14.5 Å². The van der Waals surface area contributed by atoms with Crippen molar-refractivity contribution in [3.05, 3.63) is 88.8 Å². The van der Waals surface area contributed by atoms with Gasteiger partial charge in [0.1, 0.15) is 11.5 Å². The van der Waals surface area contributed by atoms with E-state index in [0.717, 1.165) is 6.08 Å². The summed E-state index contributed by atoms with van der Waals surface area (Å²) in [7, 11) is -4.15. The number of halogens is 4. The van der Waals surface area contributed by atoms with Gasteiger partial charge in [0.2, 0.25) is 0 Å². The van der Waals surface area contributed by atoms with Gasteiger partial charge in [-0.05, 0) is 81.5 Å². The molecule has 0 radical (unpaired) electrons. The van der Waals surface area contributed by atoms with Crippen LogP contribution in [0.15, 0.2) is 81.7 Å². The first-order valence-electron chi connectivity index (χ1n) is 13.4. The summed E-state index contributed by atoms with van der Waals surface area (Å²) in [4.78, 5) is 18.0. The number of ketones is 1. The smallest absolute Gasteiger partial charge is 0.291 e. The van der Waals surface area contributed by atoms with Gasteiger partial charge in [0.05, 0.1) is 34.8 Å². The number of hydrogen-bond acceptors (Lipinski definition) is 6. The maximum atomic E-state index is 14.3. The van der Waals surface area contributed by atoms with E-state index in [1.165, 1.54) is 46.5 Å². The number of carbonyl (C=O) groups is 1. The Morgan fingerprint density at radius 1 is 1.19 bits per heavy atom. The van der Waals surface area contributed by atoms with Gasteiger partial charge in [-0.25, -0.2) is 17.5 Å². The number of allylic oxidation sites excluding steroid dienone is 4. The maximum absolute atomic E-state index is 14.3. The average Bonchev–Trinajstić information content (AvgIpc) is 3.63. The number of piperidine rings is 1. The third-order valence-corrected chi connectivity index (χ3v) is 9.67. The molecule has 0 bridgehead atoms. The minimum absolute atomic E-state index is 0.0152. The molecule has 1 fully saturated rings. The Bertz CT molecular complexity index is 1780. The number of aromatic nitrogens is 4. The highest BCUT2D eigenvalue weighted by molar-refractivity contribution is 7.89. The SMILES string of the molecule is C=N/C(=C\C(=C/C)C(F)(F)F)C(=O)[C@]12Cc3cnn(-c4ccc(F)cc4)c3C=C1CCN(S(=O)(=O)c1ccnn1CC)C2. The van der Waals surface area contributed by atoms with E-state index < -0.39 is 44.5 Å². The highest BCUT2D eigenvalue weighted by Gasteiger charge is 2.52. The fraction of sp³-hybridized carbons (Fsp3) is 0.310. The number of aryl methyl sites for hydroxylation is 1. The van der Waals surface area contributed by atoms with E-state index in [-0.39, 0.29) is 37.5 Å². The minimum Gasteiger partial charge on any atom is -0.291 e. The van der Waals surface area contributed by atoms with Gasteiger partial charge in [0.25, 0.3) is 10.0 Å². The van der Waals surface area contributed by atoms with Crippen molar-refractivity contribution in [2.24, 2.45) is 10.4 Å². The van der Waals surface area contributed by atoms with E-state index in [1.54, 1.807) is 29.8 Å². The quantitative estimate of drug-likeness (QED) is 0.155. The Kier molecular flexibility index (Phi) is 7.86. The van der Waals surface area contributed by atoms with Crippen molar-refractivity contribution < 1.29 is 30.8 Å². The molecule has 2 aliphatic rings. The van der Waals surface area contributed by atoms with Crippen LogP contribution in [0.4, 0.5) is 17.6 Å². The highest BCUT2D eigenvalue weighted by atomic mass is 32.2. The molecule has 0 saturated carbocycles. The number of hydrogen-bond donors (Lipinski definition) is 0. The Hall–Kier alpha value is -4.17. The number of carbonyl (C=O) groups excluding carboxylic acids is 1. The molecule has 1 atom stereocenters. The number of sulfonamides is 1. The summed E-state index contributed by atoms with van der Waals surface area (Å²) in [5.41, 5.74) is -0.975. The standard InChI is InChI=1S/C29H28F4N6O3S/c1-4-20(29(31,32)33)14-24(34-3)27(40)28-16-19-17-36-39(23-8-6-22(30)7-9-23)25(19)15-21(28)11-13-37(18-28)43(41,42)26-10-12-35-38(26)5-2/h4,6-10,12,14-15,17H,3,5,11,13,16,18H2,1-2H3/b20-4+,24-14-/t28-/m0/s1. The first-order chi connectivity index (χ1) is 20.3. The van der Waals surface area contributed by atoms with Crippen LogP contribution in [0, 0.1) is 11.2 Å². The molecule has 226 valence electrons. The van der Waals surface area contributed by atoms with Crippen molar-refractivity contribution in [1.82, 2.24) is 23.9 Å². The average molecular weight is 617 g/mol. The Labute approximate surface area is 245 Å². The lowest BCUT2D eigenvalue weighted by Gasteiger charge is -2.44. The molecule has 9 nitrogen and oxygen atoms in total. The molecule has 2 aromatic heterocycles. The topological polar surface area (TPSA) is 102 Å². The maximum Gasteiger partial charge on any atom is 0.416 e. The minimum atomic E-state index is -4.75. The molecular formula is C29H28F4N6O3S. The molecular weight excluding hydrogens is 588 g/mol. The summed E-state index contributed by atoms with van der Waals surface area (Å²) in [5, 5.41) is 8.42. The molecule has 0 unspecified atom stereocenters. The molecule has 5 rings (SSSR count). The number of nitrogens with zero attached hydrogens (tertiary/aromatic N) is 6. The lowest BCUT2D eigenvalue weighted by atomic mass is 9.65. The third-order valence-electron chi connectivity index (χ3n) is 7.80. The van der Waals surface area contributed by atoms with E-state index in [9.17, 15) is 30.8 Å². The number of alkyl halides is 3. The van der Waals surface area contributed by atoms with Crippen LogP contribution in [0.1, 0.15) is 31.5 Å². The first kappa shape index (κ1) is 30.3. The summed E-state index contributed by atoms with van der Waals surface area (Å²) in [6.45, 7) is 6.25. The molecule has 1 aromatic carbocycles. The Morgan fingerprint density at radius 3 is 2.53 bits per heavy atom. The van der Waals surface area contributed by atoms with Crippen LogP contribution >= 0.6 is 0 Å². The van der Waals surface area contributed by atoms with Gasteiger partial charge in [0, 0.05) is 19.6 Å². The van der Waals surface area contributed by atoms with Gasteiger partial charge in [-0.1, -0.05) is 11.6 Å². The monoisotopic (exact) mass is 616 g/mol. The molecule has 0 amide bonds. The number of Topliss-reactive ketones (excluding diaryl/α,β-unsaturated/α-hetero) is 1. The predicted octanol–water partition coefficient (Wildman–Crippen LogP) is 4.91. The highest BCUT2D eigenvalue weighted by Crippen LogP contribution is 2.47. The van der Waals surface area contributed by atoms with Crippen molar-refractivity contribution in [3.8, 4) is 5.69 Å². The Balaban J connectivity index is 1.65. The molecule has 1 saturated heterocycles. The fourth-order valence-electron chi connectivity index (χ4n) is 5.62. The van der Waals surface area contributed by atoms with Crippen molar-refractivity contribution in [2.45, 2.75) is 44.4 Å². The van der Waals surface area contributed by atoms with Crippen LogP contribution in [0.25, 0.3) is 11.8 Å². The van der Waals surface area contributed by atoms with Crippen molar-refractivity contribution >= 4 is 28.6 Å². The number of rotatable bonds is 8. The summed E-state index contributed by atoms with van der Waals surface area (Å²) in [6, 6.07) is 7.01. The molecule has 1 aliphatic heterocycles. The van der Waals surface area contributed by atoms with Crippen molar-refractivity contribution in [2.75, 3.05) is 13.1 Å². The number of fused-ring (bicyclic) bond motifs is 2. The second-order valence-corrected chi connectivity index (χ2v) is 12.1. The van der Waals surface area contributed by atoms with Crippen LogP contribution in [-0.4, -0.2) is 64.1 Å².